The van der Waals surface area contributed by atoms with Crippen molar-refractivity contribution in [3.05, 3.63) is 35.4 Å². The van der Waals surface area contributed by atoms with E-state index in [1.807, 2.05) is 24.3 Å². The number of amides is 1. The van der Waals surface area contributed by atoms with Gasteiger partial charge in [0.05, 0.1) is 0 Å². The molecule has 0 radical (unpaired) electrons. The van der Waals surface area contributed by atoms with E-state index in [9.17, 15) is 4.79 Å². The van der Waals surface area contributed by atoms with Crippen molar-refractivity contribution in [1.82, 2.24) is 13.7 Å². The summed E-state index contributed by atoms with van der Waals surface area (Å²) in [7, 11) is 0. The molecular weight excluding hydrogens is 365 g/mol. The van der Waals surface area contributed by atoms with E-state index in [0.717, 1.165) is 37.3 Å². The Kier molecular flexibility index (Phi) is 6.25. The third kappa shape index (κ3) is 4.17. The SMILES string of the molecule is CCN1CCCC1CNC(=O)c1cccc(CNI)c1. The van der Waals surface area contributed by atoms with Crippen LogP contribution in [0.5, 0.6) is 0 Å². The van der Waals surface area contributed by atoms with Gasteiger partial charge in [0, 0.05) is 47.6 Å². The maximum Gasteiger partial charge on any atom is 0.251 e. The molecule has 0 aromatic heterocycles. The Morgan fingerprint density at radius 2 is 2.35 bits per heavy atom. The van der Waals surface area contributed by atoms with Crippen LogP contribution in [0.2, 0.25) is 0 Å². The minimum absolute atomic E-state index is 0.0308. The number of likely N-dealkylation sites (tertiary alicyclic amines) is 1. The summed E-state index contributed by atoms with van der Waals surface area (Å²) in [6.07, 6.45) is 2.43. The van der Waals surface area contributed by atoms with Gasteiger partial charge in [-0.2, -0.15) is 0 Å². The lowest BCUT2D eigenvalue weighted by Gasteiger charge is -2.22. The Bertz CT molecular complexity index is 452. The van der Waals surface area contributed by atoms with Crippen LogP contribution in [0.15, 0.2) is 24.3 Å². The molecule has 2 rings (SSSR count). The van der Waals surface area contributed by atoms with E-state index < -0.39 is 0 Å². The number of halogens is 1. The molecule has 0 spiro atoms. The maximum absolute atomic E-state index is 12.2. The van der Waals surface area contributed by atoms with E-state index in [1.54, 1.807) is 0 Å². The van der Waals surface area contributed by atoms with Crippen molar-refractivity contribution in [3.63, 3.8) is 0 Å². The van der Waals surface area contributed by atoms with Gasteiger partial charge in [0.15, 0.2) is 0 Å². The van der Waals surface area contributed by atoms with Crippen molar-refractivity contribution in [2.45, 2.75) is 32.4 Å². The first-order chi connectivity index (χ1) is 9.74. The first-order valence-corrected chi connectivity index (χ1v) is 8.27. The number of carbonyl (C=O) groups is 1. The molecule has 110 valence electrons. The van der Waals surface area contributed by atoms with E-state index in [0.29, 0.717) is 6.04 Å². The molecule has 2 N–H and O–H groups in total. The van der Waals surface area contributed by atoms with Gasteiger partial charge >= 0.3 is 0 Å². The normalized spacial score (nSPS) is 19.2. The van der Waals surface area contributed by atoms with Crippen molar-refractivity contribution in [1.29, 1.82) is 0 Å². The summed E-state index contributed by atoms with van der Waals surface area (Å²) in [5.74, 6) is 0.0308. The van der Waals surface area contributed by atoms with E-state index in [-0.39, 0.29) is 5.91 Å². The van der Waals surface area contributed by atoms with Crippen LogP contribution in [-0.2, 0) is 6.54 Å². The van der Waals surface area contributed by atoms with Gasteiger partial charge in [-0.1, -0.05) is 19.1 Å². The Morgan fingerprint density at radius 3 is 3.10 bits per heavy atom. The van der Waals surface area contributed by atoms with Crippen molar-refractivity contribution in [3.8, 4) is 0 Å². The highest BCUT2D eigenvalue weighted by Crippen LogP contribution is 2.15. The summed E-state index contributed by atoms with van der Waals surface area (Å²) in [4.78, 5) is 14.6. The predicted octanol–water partition coefficient (Wildman–Crippen LogP) is 2.34. The van der Waals surface area contributed by atoms with Crippen molar-refractivity contribution >= 4 is 28.8 Å². The summed E-state index contributed by atoms with van der Waals surface area (Å²) >= 11 is 2.11. The Balaban J connectivity index is 1.89. The molecule has 0 saturated carbocycles. The molecule has 1 atom stereocenters. The van der Waals surface area contributed by atoms with Crippen molar-refractivity contribution < 1.29 is 4.79 Å². The number of likely N-dealkylation sites (N-methyl/N-ethyl adjacent to an activating group) is 1. The largest absolute Gasteiger partial charge is 0.350 e. The van der Waals surface area contributed by atoms with Crippen LogP contribution in [0.4, 0.5) is 0 Å². The van der Waals surface area contributed by atoms with Crippen molar-refractivity contribution in [2.75, 3.05) is 19.6 Å². The van der Waals surface area contributed by atoms with Crippen LogP contribution in [0, 0.1) is 0 Å². The van der Waals surface area contributed by atoms with Gasteiger partial charge in [0.25, 0.3) is 5.91 Å². The Labute approximate surface area is 134 Å². The number of carbonyl (C=O) groups excluding carboxylic acids is 1. The fourth-order valence-corrected chi connectivity index (χ4v) is 3.20. The maximum atomic E-state index is 12.2. The lowest BCUT2D eigenvalue weighted by Crippen LogP contribution is -2.40. The zero-order valence-corrected chi connectivity index (χ0v) is 14.0. The topological polar surface area (TPSA) is 44.4 Å². The lowest BCUT2D eigenvalue weighted by molar-refractivity contribution is 0.0941. The summed E-state index contributed by atoms with van der Waals surface area (Å²) in [6, 6.07) is 8.29. The molecule has 1 aliphatic heterocycles. The smallest absolute Gasteiger partial charge is 0.251 e. The lowest BCUT2D eigenvalue weighted by atomic mass is 10.1. The molecule has 1 heterocycles. The van der Waals surface area contributed by atoms with Gasteiger partial charge in [0.1, 0.15) is 0 Å². The van der Waals surface area contributed by atoms with Gasteiger partial charge in [-0.25, -0.2) is 0 Å². The average molecular weight is 387 g/mol. The first kappa shape index (κ1) is 15.7. The summed E-state index contributed by atoms with van der Waals surface area (Å²) in [5.41, 5.74) is 1.87. The number of nitrogens with one attached hydrogen (secondary N) is 2. The molecule has 20 heavy (non-hydrogen) atoms. The predicted molar refractivity (Wildman–Crippen MR) is 89.9 cm³/mol. The highest BCUT2D eigenvalue weighted by molar-refractivity contribution is 14.1. The third-order valence-corrected chi connectivity index (χ3v) is 4.25. The van der Waals surface area contributed by atoms with E-state index >= 15 is 0 Å². The second kappa shape index (κ2) is 7.95. The van der Waals surface area contributed by atoms with Crippen LogP contribution in [0.3, 0.4) is 0 Å². The minimum atomic E-state index is 0.0308. The molecule has 1 aliphatic rings. The minimum Gasteiger partial charge on any atom is -0.350 e. The van der Waals surface area contributed by atoms with Crippen LogP contribution < -0.4 is 8.85 Å². The fourth-order valence-electron chi connectivity index (χ4n) is 2.75. The zero-order valence-electron chi connectivity index (χ0n) is 11.9. The molecule has 4 nitrogen and oxygen atoms in total. The van der Waals surface area contributed by atoms with Crippen LogP contribution in [0.1, 0.15) is 35.7 Å². The summed E-state index contributed by atoms with van der Waals surface area (Å²) < 4.78 is 3.07. The number of nitrogens with zero attached hydrogens (tertiary/aromatic N) is 1. The van der Waals surface area contributed by atoms with E-state index in [1.165, 1.54) is 12.8 Å². The summed E-state index contributed by atoms with van der Waals surface area (Å²) in [5, 5.41) is 3.07. The van der Waals surface area contributed by atoms with Gasteiger partial charge < -0.3 is 5.32 Å². The zero-order chi connectivity index (χ0) is 14.4. The first-order valence-electron chi connectivity index (χ1n) is 7.19. The third-order valence-electron chi connectivity index (χ3n) is 3.86. The second-order valence-corrected chi connectivity index (χ2v) is 5.91. The number of benzene rings is 1. The molecule has 1 aromatic carbocycles. The highest BCUT2D eigenvalue weighted by atomic mass is 127. The summed E-state index contributed by atoms with van der Waals surface area (Å²) in [6.45, 7) is 5.93. The molecule has 1 fully saturated rings. The fraction of sp³-hybridized carbons (Fsp3) is 0.533. The van der Waals surface area contributed by atoms with Crippen LogP contribution >= 0.6 is 22.9 Å². The van der Waals surface area contributed by atoms with Gasteiger partial charge in [-0.05, 0) is 43.6 Å². The Morgan fingerprint density at radius 1 is 1.50 bits per heavy atom. The number of hydrogen-bond donors (Lipinski definition) is 2. The molecule has 1 aromatic rings. The van der Waals surface area contributed by atoms with Crippen LogP contribution in [-0.4, -0.2) is 36.5 Å². The second-order valence-electron chi connectivity index (χ2n) is 5.15. The highest BCUT2D eigenvalue weighted by Gasteiger charge is 2.23. The van der Waals surface area contributed by atoms with Gasteiger partial charge in [0.2, 0.25) is 0 Å². The molecule has 0 aliphatic carbocycles. The monoisotopic (exact) mass is 387 g/mol. The molecule has 0 bridgehead atoms. The Hall–Kier alpha value is -0.660. The van der Waals surface area contributed by atoms with Gasteiger partial charge in [-0.15, -0.1) is 0 Å². The average Bonchev–Trinajstić information content (AvgIpc) is 2.93. The van der Waals surface area contributed by atoms with Gasteiger partial charge in [-0.3, -0.25) is 13.2 Å². The number of hydrogen-bond acceptors (Lipinski definition) is 3. The number of rotatable bonds is 6. The molecular formula is C15H22IN3O. The molecule has 5 heteroatoms. The standard InChI is InChI=1S/C15H22IN3O/c1-2-19-8-4-7-14(19)11-17-15(20)13-6-3-5-12(9-13)10-18-16/h3,5-6,9,14,18H,2,4,7-8,10-11H2,1H3,(H,17,20). The molecule has 1 saturated heterocycles. The van der Waals surface area contributed by atoms with E-state index in [4.69, 9.17) is 0 Å². The molecule has 1 unspecified atom stereocenters. The van der Waals surface area contributed by atoms with E-state index in [2.05, 4.69) is 43.5 Å². The molecule has 1 amide bonds. The quantitative estimate of drug-likeness (QED) is 0.582. The van der Waals surface area contributed by atoms with Crippen LogP contribution in [0.25, 0.3) is 0 Å². The van der Waals surface area contributed by atoms with Crippen molar-refractivity contribution in [2.24, 2.45) is 0 Å².